The van der Waals surface area contributed by atoms with Gasteiger partial charge in [-0.25, -0.2) is 9.59 Å². The molecule has 1 aliphatic rings. The monoisotopic (exact) mass is 240 g/mol. The van der Waals surface area contributed by atoms with Crippen LogP contribution in [0.1, 0.15) is 0 Å². The first kappa shape index (κ1) is 16.9. The molecule has 1 rings (SSSR count). The third-order valence-corrected chi connectivity index (χ3v) is 0.956. The highest BCUT2D eigenvalue weighted by molar-refractivity contribution is 5.61. The van der Waals surface area contributed by atoms with Crippen LogP contribution in [0.4, 0.5) is 9.59 Å². The van der Waals surface area contributed by atoms with Gasteiger partial charge in [-0.1, -0.05) is 0 Å². The summed E-state index contributed by atoms with van der Waals surface area (Å²) >= 11 is 0. The van der Waals surface area contributed by atoms with E-state index in [0.29, 0.717) is 13.2 Å². The fraction of sp³-hybridized carbons (Fsp3) is 0.750. The van der Waals surface area contributed by atoms with E-state index in [1.54, 1.807) is 0 Å². The summed E-state index contributed by atoms with van der Waals surface area (Å²) in [6.07, 6.45) is -1.20. The second-order valence-corrected chi connectivity index (χ2v) is 2.05. The molecular formula is C8H16O8. The lowest BCUT2D eigenvalue weighted by molar-refractivity contribution is 0.0924. The Labute approximate surface area is 92.7 Å². The van der Waals surface area contributed by atoms with Gasteiger partial charge in [-0.3, -0.25) is 0 Å². The lowest BCUT2D eigenvalue weighted by Gasteiger charge is -1.89. The van der Waals surface area contributed by atoms with Crippen LogP contribution in [-0.4, -0.2) is 63.2 Å². The van der Waals surface area contributed by atoms with Crippen LogP contribution in [0.2, 0.25) is 0 Å². The Morgan fingerprint density at radius 3 is 1.62 bits per heavy atom. The number of cyclic esters (lactones) is 2. The van der Waals surface area contributed by atoms with E-state index in [9.17, 15) is 9.59 Å². The first-order chi connectivity index (χ1) is 7.62. The van der Waals surface area contributed by atoms with E-state index in [0.717, 1.165) is 0 Å². The van der Waals surface area contributed by atoms with Crippen LogP contribution in [0.15, 0.2) is 0 Å². The average molecular weight is 240 g/mol. The first-order valence-corrected chi connectivity index (χ1v) is 4.25. The van der Waals surface area contributed by atoms with Crippen LogP contribution in [0, 0.1) is 0 Å². The van der Waals surface area contributed by atoms with Gasteiger partial charge in [0.2, 0.25) is 0 Å². The fourth-order valence-corrected chi connectivity index (χ4v) is 0.375. The molecule has 0 aromatic rings. The lowest BCUT2D eigenvalue weighted by atomic mass is 10.8. The molecule has 2 N–H and O–H groups in total. The third-order valence-electron chi connectivity index (χ3n) is 0.956. The molecule has 0 aromatic carbocycles. The molecule has 0 atom stereocenters. The summed E-state index contributed by atoms with van der Waals surface area (Å²) in [6, 6.07) is 0. The number of methoxy groups -OCH3 is 2. The minimum Gasteiger partial charge on any atom is -0.438 e. The molecule has 0 aromatic heterocycles. The van der Waals surface area contributed by atoms with Crippen LogP contribution in [0.5, 0.6) is 0 Å². The summed E-state index contributed by atoms with van der Waals surface area (Å²) in [7, 11) is 2.51. The molecule has 16 heavy (non-hydrogen) atoms. The van der Waals surface area contributed by atoms with Gasteiger partial charge in [-0.05, 0) is 0 Å². The fourth-order valence-electron chi connectivity index (χ4n) is 0.375. The summed E-state index contributed by atoms with van der Waals surface area (Å²) in [6.45, 7) is 0.581. The summed E-state index contributed by atoms with van der Waals surface area (Å²) in [5.74, 6) is 0. The molecule has 0 aliphatic carbocycles. The summed E-state index contributed by atoms with van der Waals surface area (Å²) in [4.78, 5) is 19.5. The van der Waals surface area contributed by atoms with E-state index >= 15 is 0 Å². The van der Waals surface area contributed by atoms with Gasteiger partial charge in [0, 0.05) is 0 Å². The van der Waals surface area contributed by atoms with Crippen molar-refractivity contribution in [3.63, 3.8) is 0 Å². The second-order valence-electron chi connectivity index (χ2n) is 2.05. The standard InChI is InChI=1S/C3H4O3.C3H6O3.C2H6O2/c4-3-5-1-2-6-3;1-5-3(4)6-2;3-1-2-4/h1-2H2;1-2H3;3-4H,1-2H2. The number of aliphatic hydroxyl groups excluding tert-OH is 2. The lowest BCUT2D eigenvalue weighted by Crippen LogP contribution is -1.97. The average Bonchev–Trinajstić information content (AvgIpc) is 2.80. The minimum absolute atomic E-state index is 0.125. The second kappa shape index (κ2) is 13.5. The molecule has 1 fully saturated rings. The van der Waals surface area contributed by atoms with E-state index in [1.165, 1.54) is 14.2 Å². The molecule has 1 heterocycles. The highest BCUT2D eigenvalue weighted by Gasteiger charge is 2.09. The van der Waals surface area contributed by atoms with Crippen LogP contribution in [0.3, 0.4) is 0 Å². The predicted octanol–water partition coefficient (Wildman–Crippen LogP) is -0.477. The maximum Gasteiger partial charge on any atom is 0.508 e. The molecule has 96 valence electrons. The number of carbonyl (C=O) groups excluding carboxylic acids is 2. The number of hydrogen-bond donors (Lipinski definition) is 2. The Hall–Kier alpha value is -1.54. The zero-order valence-corrected chi connectivity index (χ0v) is 9.17. The summed E-state index contributed by atoms with van der Waals surface area (Å²) in [5, 5.41) is 15.2. The smallest absolute Gasteiger partial charge is 0.438 e. The highest BCUT2D eigenvalue weighted by atomic mass is 16.8. The van der Waals surface area contributed by atoms with E-state index in [-0.39, 0.29) is 13.2 Å². The van der Waals surface area contributed by atoms with E-state index in [2.05, 4.69) is 18.9 Å². The highest BCUT2D eigenvalue weighted by Crippen LogP contribution is 1.92. The maximum absolute atomic E-state index is 9.80. The van der Waals surface area contributed by atoms with Crippen molar-refractivity contribution < 1.29 is 38.7 Å². The van der Waals surface area contributed by atoms with Crippen LogP contribution < -0.4 is 0 Å². The van der Waals surface area contributed by atoms with Crippen molar-refractivity contribution in [3.8, 4) is 0 Å². The molecule has 0 saturated carbocycles. The van der Waals surface area contributed by atoms with E-state index in [1.807, 2.05) is 0 Å². The van der Waals surface area contributed by atoms with Gasteiger partial charge < -0.3 is 29.2 Å². The SMILES string of the molecule is COC(=O)OC.O=C1OCCO1.OCCO. The Kier molecular flexibility index (Phi) is 14.2. The molecule has 1 saturated heterocycles. The van der Waals surface area contributed by atoms with Crippen molar-refractivity contribution in [2.24, 2.45) is 0 Å². The van der Waals surface area contributed by atoms with Gasteiger partial charge in [0.1, 0.15) is 13.2 Å². The maximum atomic E-state index is 9.80. The number of hydrogen-bond acceptors (Lipinski definition) is 8. The van der Waals surface area contributed by atoms with Crippen molar-refractivity contribution >= 4 is 12.3 Å². The summed E-state index contributed by atoms with van der Waals surface area (Å²) < 4.78 is 16.7. The van der Waals surface area contributed by atoms with E-state index in [4.69, 9.17) is 10.2 Å². The van der Waals surface area contributed by atoms with E-state index < -0.39 is 12.3 Å². The molecule has 0 bridgehead atoms. The predicted molar refractivity (Wildman–Crippen MR) is 50.9 cm³/mol. The molecule has 8 nitrogen and oxygen atoms in total. The molecule has 1 aliphatic heterocycles. The van der Waals surface area contributed by atoms with Crippen molar-refractivity contribution in [3.05, 3.63) is 0 Å². The first-order valence-electron chi connectivity index (χ1n) is 4.25. The van der Waals surface area contributed by atoms with Crippen molar-refractivity contribution in [2.45, 2.75) is 0 Å². The quantitative estimate of drug-likeness (QED) is 0.591. The van der Waals surface area contributed by atoms with Gasteiger partial charge in [0.15, 0.2) is 0 Å². The van der Waals surface area contributed by atoms with Crippen LogP contribution in [-0.2, 0) is 18.9 Å². The molecule has 0 radical (unpaired) electrons. The van der Waals surface area contributed by atoms with Crippen molar-refractivity contribution in [1.29, 1.82) is 0 Å². The molecule has 8 heteroatoms. The number of carbonyl (C=O) groups is 2. The molecule has 0 spiro atoms. The Morgan fingerprint density at radius 1 is 1.19 bits per heavy atom. The molecular weight excluding hydrogens is 224 g/mol. The molecule has 0 amide bonds. The Morgan fingerprint density at radius 2 is 1.56 bits per heavy atom. The Bertz CT molecular complexity index is 163. The normalized spacial score (nSPS) is 11.9. The number of aliphatic hydroxyl groups is 2. The topological polar surface area (TPSA) is 112 Å². The third kappa shape index (κ3) is 15.0. The number of ether oxygens (including phenoxy) is 4. The zero-order chi connectivity index (χ0) is 12.8. The van der Waals surface area contributed by atoms with Gasteiger partial charge in [0.25, 0.3) is 0 Å². The van der Waals surface area contributed by atoms with Gasteiger partial charge in [0.05, 0.1) is 27.4 Å². The molecule has 0 unspecified atom stereocenters. The zero-order valence-electron chi connectivity index (χ0n) is 9.17. The largest absolute Gasteiger partial charge is 0.508 e. The van der Waals surface area contributed by atoms with Crippen molar-refractivity contribution in [2.75, 3.05) is 40.6 Å². The van der Waals surface area contributed by atoms with Gasteiger partial charge in [-0.15, -0.1) is 0 Å². The number of rotatable bonds is 1. The van der Waals surface area contributed by atoms with Gasteiger partial charge in [-0.2, -0.15) is 0 Å². The summed E-state index contributed by atoms with van der Waals surface area (Å²) in [5.41, 5.74) is 0. The van der Waals surface area contributed by atoms with Crippen LogP contribution in [0.25, 0.3) is 0 Å². The van der Waals surface area contributed by atoms with Gasteiger partial charge >= 0.3 is 12.3 Å². The van der Waals surface area contributed by atoms with Crippen molar-refractivity contribution in [1.82, 2.24) is 0 Å². The van der Waals surface area contributed by atoms with Crippen LogP contribution >= 0.6 is 0 Å². The minimum atomic E-state index is -0.657. The Balaban J connectivity index is 0.